The first kappa shape index (κ1) is 17.1. The lowest BCUT2D eigenvalue weighted by atomic mass is 9.52. The molecule has 0 N–H and O–H groups in total. The molecule has 2 fully saturated rings. The molecule has 3 heteroatoms. The van der Waals surface area contributed by atoms with Gasteiger partial charge < -0.3 is 14.4 Å². The van der Waals surface area contributed by atoms with E-state index in [0.29, 0.717) is 5.41 Å². The Labute approximate surface area is 162 Å². The zero-order chi connectivity index (χ0) is 18.4. The monoisotopic (exact) mass is 363 g/mol. The molecule has 3 aliphatic rings. The van der Waals surface area contributed by atoms with Crippen LogP contribution in [0.5, 0.6) is 17.2 Å². The van der Waals surface area contributed by atoms with E-state index in [1.165, 1.54) is 45.1 Å². The summed E-state index contributed by atoms with van der Waals surface area (Å²) in [5.41, 5.74) is 3.50. The fourth-order valence-corrected chi connectivity index (χ4v) is 6.04. The third kappa shape index (κ3) is 2.75. The van der Waals surface area contributed by atoms with Gasteiger partial charge in [-0.2, -0.15) is 0 Å². The van der Waals surface area contributed by atoms with Crippen LogP contribution in [0.3, 0.4) is 0 Å². The molecule has 0 radical (unpaired) electrons. The Morgan fingerprint density at radius 2 is 1.85 bits per heavy atom. The average molecular weight is 364 g/mol. The van der Waals surface area contributed by atoms with Crippen LogP contribution in [0.2, 0.25) is 0 Å². The van der Waals surface area contributed by atoms with Gasteiger partial charge in [0.05, 0.1) is 7.11 Å². The number of piperidine rings is 1. The molecule has 2 aromatic carbocycles. The molecule has 2 aromatic rings. The smallest absolute Gasteiger partial charge is 0.131 e. The zero-order valence-electron chi connectivity index (χ0n) is 16.4. The molecule has 3 nitrogen and oxygen atoms in total. The highest BCUT2D eigenvalue weighted by Gasteiger charge is 2.53. The molecule has 1 saturated carbocycles. The molecule has 1 heterocycles. The molecule has 2 bridgehead atoms. The van der Waals surface area contributed by atoms with Crippen LogP contribution in [0.1, 0.15) is 43.2 Å². The van der Waals surface area contributed by atoms with Crippen molar-refractivity contribution in [1.29, 1.82) is 0 Å². The predicted molar refractivity (Wildman–Crippen MR) is 108 cm³/mol. The zero-order valence-corrected chi connectivity index (χ0v) is 16.4. The first-order chi connectivity index (χ1) is 13.2. The summed E-state index contributed by atoms with van der Waals surface area (Å²) < 4.78 is 11.6. The number of rotatable bonds is 3. The van der Waals surface area contributed by atoms with E-state index in [1.807, 2.05) is 24.3 Å². The Morgan fingerprint density at radius 3 is 2.74 bits per heavy atom. The van der Waals surface area contributed by atoms with Gasteiger partial charge in [0.1, 0.15) is 17.2 Å². The summed E-state index contributed by atoms with van der Waals surface area (Å²) in [6.45, 7) is 1.22. The van der Waals surface area contributed by atoms with Crippen molar-refractivity contribution in [2.45, 2.75) is 50.0 Å². The number of likely N-dealkylation sites (N-methyl/N-ethyl adjacent to an activating group) is 1. The van der Waals surface area contributed by atoms with Crippen LogP contribution in [-0.4, -0.2) is 31.6 Å². The maximum absolute atomic E-state index is 6.23. The topological polar surface area (TPSA) is 21.7 Å². The van der Waals surface area contributed by atoms with Gasteiger partial charge in [0.15, 0.2) is 0 Å². The maximum atomic E-state index is 6.23. The second kappa shape index (κ2) is 6.56. The minimum atomic E-state index is 0.372. The van der Waals surface area contributed by atoms with Gasteiger partial charge in [0.25, 0.3) is 0 Å². The highest BCUT2D eigenvalue weighted by Crippen LogP contribution is 2.56. The van der Waals surface area contributed by atoms with E-state index >= 15 is 0 Å². The van der Waals surface area contributed by atoms with Crippen molar-refractivity contribution in [2.75, 3.05) is 20.7 Å². The van der Waals surface area contributed by atoms with Gasteiger partial charge in [0.2, 0.25) is 0 Å². The van der Waals surface area contributed by atoms with Gasteiger partial charge in [0, 0.05) is 17.5 Å². The maximum Gasteiger partial charge on any atom is 0.131 e. The summed E-state index contributed by atoms with van der Waals surface area (Å²) in [4.78, 5) is 2.62. The minimum absolute atomic E-state index is 0.372. The Balaban J connectivity index is 1.52. The van der Waals surface area contributed by atoms with E-state index in [2.05, 4.69) is 30.1 Å². The van der Waals surface area contributed by atoms with Gasteiger partial charge >= 0.3 is 0 Å². The van der Waals surface area contributed by atoms with Crippen molar-refractivity contribution in [3.05, 3.63) is 53.6 Å². The van der Waals surface area contributed by atoms with Crippen molar-refractivity contribution in [3.63, 3.8) is 0 Å². The SMILES string of the molecule is COc1cccc(Oc2ccc3c(c2)[C@@]24CCCC[C@H]2[C@@H](C3)N(C)CC4)c1. The summed E-state index contributed by atoms with van der Waals surface area (Å²) in [5.74, 6) is 3.43. The number of methoxy groups -OCH3 is 1. The second-order valence-corrected chi connectivity index (χ2v) is 8.61. The summed E-state index contributed by atoms with van der Waals surface area (Å²) in [6.07, 6.45) is 7.98. The number of fused-ring (bicyclic) bond motifs is 1. The van der Waals surface area contributed by atoms with Crippen molar-refractivity contribution in [3.8, 4) is 17.2 Å². The molecule has 27 heavy (non-hydrogen) atoms. The normalized spacial score (nSPS) is 29.6. The van der Waals surface area contributed by atoms with Crippen molar-refractivity contribution < 1.29 is 9.47 Å². The van der Waals surface area contributed by atoms with Crippen molar-refractivity contribution in [1.82, 2.24) is 4.90 Å². The molecule has 1 aliphatic heterocycles. The highest BCUT2D eigenvalue weighted by molar-refractivity contribution is 5.47. The number of ether oxygens (including phenoxy) is 2. The van der Waals surface area contributed by atoms with Crippen LogP contribution in [-0.2, 0) is 11.8 Å². The van der Waals surface area contributed by atoms with Crippen LogP contribution in [0.4, 0.5) is 0 Å². The third-order valence-corrected chi connectivity index (χ3v) is 7.36. The summed E-state index contributed by atoms with van der Waals surface area (Å²) in [5, 5.41) is 0. The van der Waals surface area contributed by atoms with Crippen LogP contribution in [0.25, 0.3) is 0 Å². The van der Waals surface area contributed by atoms with E-state index in [0.717, 1.165) is 29.2 Å². The van der Waals surface area contributed by atoms with Gasteiger partial charge in [-0.1, -0.05) is 25.0 Å². The largest absolute Gasteiger partial charge is 0.497 e. The van der Waals surface area contributed by atoms with Crippen LogP contribution in [0.15, 0.2) is 42.5 Å². The number of nitrogens with zero attached hydrogens (tertiary/aromatic N) is 1. The average Bonchev–Trinajstić information content (AvgIpc) is 2.71. The van der Waals surface area contributed by atoms with Crippen molar-refractivity contribution in [2.24, 2.45) is 5.92 Å². The Kier molecular flexibility index (Phi) is 4.16. The van der Waals surface area contributed by atoms with E-state index in [4.69, 9.17) is 9.47 Å². The quantitative estimate of drug-likeness (QED) is 0.750. The number of hydrogen-bond donors (Lipinski definition) is 0. The summed E-state index contributed by atoms with van der Waals surface area (Å²) >= 11 is 0. The number of benzene rings is 2. The Hall–Kier alpha value is -2.00. The third-order valence-electron chi connectivity index (χ3n) is 7.36. The Morgan fingerprint density at radius 1 is 1.00 bits per heavy atom. The minimum Gasteiger partial charge on any atom is -0.497 e. The lowest BCUT2D eigenvalue weighted by molar-refractivity contribution is 0.00276. The van der Waals surface area contributed by atoms with E-state index in [9.17, 15) is 0 Å². The molecular weight excluding hydrogens is 334 g/mol. The first-order valence-electron chi connectivity index (χ1n) is 10.4. The number of hydrogen-bond acceptors (Lipinski definition) is 3. The fourth-order valence-electron chi connectivity index (χ4n) is 6.04. The molecule has 5 rings (SSSR count). The lowest BCUT2D eigenvalue weighted by Gasteiger charge is -2.58. The van der Waals surface area contributed by atoms with Gasteiger partial charge in [-0.05, 0) is 80.6 Å². The highest BCUT2D eigenvalue weighted by atomic mass is 16.5. The van der Waals surface area contributed by atoms with Crippen LogP contribution < -0.4 is 9.47 Å². The molecule has 0 amide bonds. The standard InChI is InChI=1S/C24H29NO2/c1-25-13-12-24-11-4-3-8-21(24)23(25)14-17-9-10-20(16-22(17)24)27-19-7-5-6-18(15-19)26-2/h5-7,9-10,15-16,21,23H,3-4,8,11-14H2,1-2H3/t21-,23+,24+/m0/s1. The van der Waals surface area contributed by atoms with E-state index in [1.54, 1.807) is 18.2 Å². The molecule has 0 unspecified atom stereocenters. The van der Waals surface area contributed by atoms with Gasteiger partial charge in [-0.15, -0.1) is 0 Å². The molecule has 142 valence electrons. The van der Waals surface area contributed by atoms with Gasteiger partial charge in [-0.25, -0.2) is 0 Å². The predicted octanol–water partition coefficient (Wildman–Crippen LogP) is 5.18. The summed E-state index contributed by atoms with van der Waals surface area (Å²) in [7, 11) is 4.02. The van der Waals surface area contributed by atoms with Crippen LogP contribution >= 0.6 is 0 Å². The van der Waals surface area contributed by atoms with E-state index in [-0.39, 0.29) is 0 Å². The Bertz CT molecular complexity index is 848. The molecule has 1 saturated heterocycles. The van der Waals surface area contributed by atoms with Gasteiger partial charge in [-0.3, -0.25) is 0 Å². The number of likely N-dealkylation sites (tertiary alicyclic amines) is 1. The molecule has 0 spiro atoms. The molecule has 2 aliphatic carbocycles. The fraction of sp³-hybridized carbons (Fsp3) is 0.500. The first-order valence-corrected chi connectivity index (χ1v) is 10.4. The second-order valence-electron chi connectivity index (χ2n) is 8.61. The van der Waals surface area contributed by atoms with Crippen LogP contribution in [0, 0.1) is 5.92 Å². The summed E-state index contributed by atoms with van der Waals surface area (Å²) in [6, 6.07) is 15.4. The lowest BCUT2D eigenvalue weighted by Crippen LogP contribution is -2.59. The van der Waals surface area contributed by atoms with E-state index < -0.39 is 0 Å². The van der Waals surface area contributed by atoms with Crippen molar-refractivity contribution >= 4 is 0 Å². The molecule has 0 aromatic heterocycles. The molecule has 3 atom stereocenters. The molecular formula is C24H29NO2.